The Bertz CT molecular complexity index is 895. The summed E-state index contributed by atoms with van der Waals surface area (Å²) < 4.78 is 22.4. The van der Waals surface area contributed by atoms with Gasteiger partial charge in [-0.25, -0.2) is 0 Å². The molecular formula is C21H25NO5. The van der Waals surface area contributed by atoms with Gasteiger partial charge in [0.25, 0.3) is 0 Å². The lowest BCUT2D eigenvalue weighted by Gasteiger charge is -2.42. The highest BCUT2D eigenvalue weighted by molar-refractivity contribution is 5.85. The first-order valence-corrected chi connectivity index (χ1v) is 8.96. The van der Waals surface area contributed by atoms with E-state index in [1.807, 2.05) is 25.2 Å². The summed E-state index contributed by atoms with van der Waals surface area (Å²) in [4.78, 5) is 2.20. The van der Waals surface area contributed by atoms with Crippen molar-refractivity contribution in [1.29, 1.82) is 0 Å². The summed E-state index contributed by atoms with van der Waals surface area (Å²) in [6.45, 7) is 0.579. The van der Waals surface area contributed by atoms with Crippen molar-refractivity contribution in [3.8, 4) is 34.1 Å². The van der Waals surface area contributed by atoms with Gasteiger partial charge in [-0.1, -0.05) is 0 Å². The van der Waals surface area contributed by atoms with Crippen LogP contribution >= 0.6 is 0 Å². The standard InChI is InChI=1S/C21H25NO5/c1-22-10-15(23)13-9-18(26-4)21(27-5)20-12-8-17(25-3)16(24-2)7-11(12)6-14(22)19(13)20/h7-9,14-15,23H,6,10H2,1-5H3. The Labute approximate surface area is 159 Å². The van der Waals surface area contributed by atoms with Gasteiger partial charge in [-0.2, -0.15) is 0 Å². The van der Waals surface area contributed by atoms with Crippen LogP contribution in [0, 0.1) is 0 Å². The number of hydrogen-bond donors (Lipinski definition) is 1. The number of aliphatic hydroxyl groups excluding tert-OH is 1. The first-order chi connectivity index (χ1) is 13.0. The van der Waals surface area contributed by atoms with E-state index in [0.29, 0.717) is 29.5 Å². The summed E-state index contributed by atoms with van der Waals surface area (Å²) in [5, 5.41) is 10.7. The summed E-state index contributed by atoms with van der Waals surface area (Å²) in [6, 6.07) is 6.09. The van der Waals surface area contributed by atoms with Gasteiger partial charge in [0.15, 0.2) is 23.0 Å². The molecule has 4 rings (SSSR count). The van der Waals surface area contributed by atoms with Crippen LogP contribution in [-0.2, 0) is 6.42 Å². The number of benzene rings is 2. The molecule has 27 heavy (non-hydrogen) atoms. The van der Waals surface area contributed by atoms with Gasteiger partial charge in [0.05, 0.1) is 34.5 Å². The summed E-state index contributed by atoms with van der Waals surface area (Å²) in [6.07, 6.45) is 0.260. The normalized spacial score (nSPS) is 20.5. The monoisotopic (exact) mass is 371 g/mol. The maximum absolute atomic E-state index is 10.7. The van der Waals surface area contributed by atoms with E-state index in [0.717, 1.165) is 34.2 Å². The van der Waals surface area contributed by atoms with Gasteiger partial charge < -0.3 is 24.1 Å². The van der Waals surface area contributed by atoms with Gasteiger partial charge in [0.1, 0.15) is 0 Å². The van der Waals surface area contributed by atoms with Crippen LogP contribution in [0.4, 0.5) is 0 Å². The van der Waals surface area contributed by atoms with E-state index in [9.17, 15) is 5.11 Å². The van der Waals surface area contributed by atoms with Crippen molar-refractivity contribution < 1.29 is 24.1 Å². The van der Waals surface area contributed by atoms with Crippen LogP contribution in [-0.4, -0.2) is 52.0 Å². The fourth-order valence-corrected chi connectivity index (χ4v) is 4.44. The van der Waals surface area contributed by atoms with E-state index in [1.54, 1.807) is 28.4 Å². The van der Waals surface area contributed by atoms with Crippen LogP contribution < -0.4 is 18.9 Å². The first kappa shape index (κ1) is 17.9. The number of rotatable bonds is 4. The van der Waals surface area contributed by atoms with Crippen molar-refractivity contribution >= 4 is 0 Å². The molecule has 0 aromatic heterocycles. The summed E-state index contributed by atoms with van der Waals surface area (Å²) in [5.41, 5.74) is 5.16. The Hall–Kier alpha value is -2.44. The van der Waals surface area contributed by atoms with Crippen molar-refractivity contribution in [3.63, 3.8) is 0 Å². The quantitative estimate of drug-likeness (QED) is 0.892. The molecule has 0 bridgehead atoms. The minimum Gasteiger partial charge on any atom is -0.493 e. The zero-order valence-electron chi connectivity index (χ0n) is 16.3. The molecule has 1 aliphatic carbocycles. The summed E-state index contributed by atoms with van der Waals surface area (Å²) >= 11 is 0. The van der Waals surface area contributed by atoms with Crippen molar-refractivity contribution in [2.75, 3.05) is 42.0 Å². The number of aliphatic hydroxyl groups is 1. The fourth-order valence-electron chi connectivity index (χ4n) is 4.44. The van der Waals surface area contributed by atoms with E-state index >= 15 is 0 Å². The van der Waals surface area contributed by atoms with Crippen LogP contribution in [0.25, 0.3) is 11.1 Å². The molecule has 0 fully saturated rings. The Balaban J connectivity index is 2.09. The number of nitrogens with zero attached hydrogens (tertiary/aromatic N) is 1. The maximum atomic E-state index is 10.7. The molecule has 6 nitrogen and oxygen atoms in total. The van der Waals surface area contributed by atoms with E-state index in [2.05, 4.69) is 4.90 Å². The molecule has 1 heterocycles. The molecule has 1 N–H and O–H groups in total. The third kappa shape index (κ3) is 2.55. The molecule has 0 amide bonds. The zero-order chi connectivity index (χ0) is 19.3. The number of likely N-dealkylation sites (N-methyl/N-ethyl adjacent to an activating group) is 1. The molecule has 6 heteroatoms. The molecule has 2 atom stereocenters. The smallest absolute Gasteiger partial charge is 0.168 e. The Morgan fingerprint density at radius 2 is 1.59 bits per heavy atom. The van der Waals surface area contributed by atoms with Gasteiger partial charge in [-0.05, 0) is 53.9 Å². The maximum Gasteiger partial charge on any atom is 0.168 e. The van der Waals surface area contributed by atoms with E-state index in [4.69, 9.17) is 18.9 Å². The van der Waals surface area contributed by atoms with Gasteiger partial charge in [-0.3, -0.25) is 4.90 Å². The number of methoxy groups -OCH3 is 4. The molecule has 2 aromatic carbocycles. The molecule has 0 radical (unpaired) electrons. The molecule has 0 spiro atoms. The predicted molar refractivity (Wildman–Crippen MR) is 102 cm³/mol. The second-order valence-corrected chi connectivity index (χ2v) is 7.03. The molecule has 1 aliphatic heterocycles. The van der Waals surface area contributed by atoms with Gasteiger partial charge in [0.2, 0.25) is 0 Å². The highest BCUT2D eigenvalue weighted by Gasteiger charge is 2.39. The first-order valence-electron chi connectivity index (χ1n) is 8.96. The van der Waals surface area contributed by atoms with E-state index in [1.165, 1.54) is 0 Å². The average Bonchev–Trinajstić information content (AvgIpc) is 2.69. The van der Waals surface area contributed by atoms with Crippen molar-refractivity contribution in [3.05, 3.63) is 34.9 Å². The molecule has 0 saturated carbocycles. The SMILES string of the molecule is COc1cc2c(cc1OC)-c1c(OC)c(OC)cc3c1C(C2)N(C)CC3O. The highest BCUT2D eigenvalue weighted by atomic mass is 16.5. The molecule has 0 saturated heterocycles. The minimum absolute atomic E-state index is 0.156. The number of hydrogen-bond acceptors (Lipinski definition) is 6. The third-order valence-corrected chi connectivity index (χ3v) is 5.72. The lowest BCUT2D eigenvalue weighted by Crippen LogP contribution is -2.38. The minimum atomic E-state index is -0.568. The zero-order valence-corrected chi connectivity index (χ0v) is 16.3. The summed E-state index contributed by atoms with van der Waals surface area (Å²) in [5.74, 6) is 2.67. The van der Waals surface area contributed by atoms with E-state index in [-0.39, 0.29) is 6.04 Å². The van der Waals surface area contributed by atoms with Crippen LogP contribution in [0.15, 0.2) is 18.2 Å². The fraction of sp³-hybridized carbons (Fsp3) is 0.429. The number of ether oxygens (including phenoxy) is 4. The average molecular weight is 371 g/mol. The topological polar surface area (TPSA) is 60.4 Å². The largest absolute Gasteiger partial charge is 0.493 e. The molecule has 2 unspecified atom stereocenters. The number of fused-ring (bicyclic) bond motifs is 2. The second-order valence-electron chi connectivity index (χ2n) is 7.03. The summed E-state index contributed by atoms with van der Waals surface area (Å²) in [7, 11) is 8.59. The Kier molecular flexibility index (Phi) is 4.40. The van der Waals surface area contributed by atoms with Crippen LogP contribution in [0.3, 0.4) is 0 Å². The van der Waals surface area contributed by atoms with Crippen LogP contribution in [0.2, 0.25) is 0 Å². The predicted octanol–water partition coefficient (Wildman–Crippen LogP) is 2.96. The van der Waals surface area contributed by atoms with Gasteiger partial charge in [-0.15, -0.1) is 0 Å². The van der Waals surface area contributed by atoms with Crippen LogP contribution in [0.1, 0.15) is 28.8 Å². The number of β-amino-alcohol motifs (C(OH)–C–C–N with tert-alkyl or cyclic N) is 1. The Morgan fingerprint density at radius 1 is 0.926 bits per heavy atom. The third-order valence-electron chi connectivity index (χ3n) is 5.72. The van der Waals surface area contributed by atoms with Gasteiger partial charge in [0, 0.05) is 18.2 Å². The molecule has 2 aromatic rings. The van der Waals surface area contributed by atoms with Crippen molar-refractivity contribution in [2.45, 2.75) is 18.6 Å². The Morgan fingerprint density at radius 3 is 2.22 bits per heavy atom. The lowest BCUT2D eigenvalue weighted by molar-refractivity contribution is 0.0828. The molecule has 2 aliphatic rings. The van der Waals surface area contributed by atoms with Crippen molar-refractivity contribution in [1.82, 2.24) is 4.90 Å². The molecule has 144 valence electrons. The second kappa shape index (κ2) is 6.62. The van der Waals surface area contributed by atoms with Crippen molar-refractivity contribution in [2.24, 2.45) is 0 Å². The van der Waals surface area contributed by atoms with Gasteiger partial charge >= 0.3 is 0 Å². The van der Waals surface area contributed by atoms with Crippen LogP contribution in [0.5, 0.6) is 23.0 Å². The highest BCUT2D eigenvalue weighted by Crippen LogP contribution is 2.55. The lowest BCUT2D eigenvalue weighted by atomic mass is 9.76. The molecular weight excluding hydrogens is 346 g/mol. The van der Waals surface area contributed by atoms with E-state index < -0.39 is 6.10 Å².